The van der Waals surface area contributed by atoms with Crippen LogP contribution in [0.2, 0.25) is 0 Å². The number of para-hydroxylation sites is 3. The number of fused-ring (bicyclic) bond motifs is 9. The Bertz CT molecular complexity index is 3150. The molecule has 0 bridgehead atoms. The molecule has 0 fully saturated rings. The van der Waals surface area contributed by atoms with Gasteiger partial charge in [0.15, 0.2) is 17.5 Å². The molecule has 0 N–H and O–H groups in total. The summed E-state index contributed by atoms with van der Waals surface area (Å²) in [5.74, 6) is 1.75. The van der Waals surface area contributed by atoms with E-state index in [2.05, 4.69) is 60.7 Å². The lowest BCUT2D eigenvalue weighted by Gasteiger charge is -2.08. The molecule has 6 heteroatoms. The van der Waals surface area contributed by atoms with Crippen molar-refractivity contribution >= 4 is 65.8 Å². The van der Waals surface area contributed by atoms with Gasteiger partial charge in [-0.05, 0) is 60.2 Å². The molecule has 0 amide bonds. The molecule has 0 spiro atoms. The standard InChI is InChI=1S/C45H25N3O3/c1-2-9-26(10-3-1)43-46-44(48-45(47-43)29-18-21-33-31-11-4-6-15-37(31)49-41(33)25-29)28-19-22-39-36(23-28)34-20-17-27(24-40(34)50-39)30-13-8-14-35-32-12-5-7-16-38(32)51-42(30)35/h1-25H. The van der Waals surface area contributed by atoms with Gasteiger partial charge in [0.25, 0.3) is 0 Å². The minimum absolute atomic E-state index is 0.572. The SMILES string of the molecule is c1ccc(-c2nc(-c3ccc4c(c3)oc3ccccc34)nc(-c3ccc4oc5cc(-c6cccc7c6oc6ccccc67)ccc5c4c3)n2)cc1. The minimum Gasteiger partial charge on any atom is -0.456 e. The van der Waals surface area contributed by atoms with E-state index < -0.39 is 0 Å². The van der Waals surface area contributed by atoms with E-state index >= 15 is 0 Å². The predicted octanol–water partition coefficient (Wildman–Crippen LogP) is 12.2. The van der Waals surface area contributed by atoms with E-state index in [1.165, 1.54) is 0 Å². The Morgan fingerprint density at radius 3 is 1.57 bits per heavy atom. The number of benzene rings is 7. The van der Waals surface area contributed by atoms with E-state index in [0.29, 0.717) is 17.5 Å². The maximum Gasteiger partial charge on any atom is 0.164 e. The second-order valence-electron chi connectivity index (χ2n) is 12.8. The van der Waals surface area contributed by atoms with Gasteiger partial charge in [0.05, 0.1) is 0 Å². The number of rotatable bonds is 4. The third-order valence-corrected chi connectivity index (χ3v) is 9.75. The van der Waals surface area contributed by atoms with E-state index in [9.17, 15) is 0 Å². The fraction of sp³-hybridized carbons (Fsp3) is 0. The zero-order valence-electron chi connectivity index (χ0n) is 27.0. The average molecular weight is 656 g/mol. The fourth-order valence-corrected chi connectivity index (χ4v) is 7.27. The summed E-state index contributed by atoms with van der Waals surface area (Å²) in [5.41, 5.74) is 9.67. The Balaban J connectivity index is 1.04. The van der Waals surface area contributed by atoms with Gasteiger partial charge in [-0.15, -0.1) is 0 Å². The van der Waals surface area contributed by atoms with Crippen LogP contribution >= 0.6 is 0 Å². The molecule has 0 aliphatic heterocycles. The summed E-state index contributed by atoms with van der Waals surface area (Å²) < 4.78 is 19.0. The van der Waals surface area contributed by atoms with E-state index in [4.69, 9.17) is 28.2 Å². The Morgan fingerprint density at radius 2 is 0.804 bits per heavy atom. The summed E-state index contributed by atoms with van der Waals surface area (Å²) in [4.78, 5) is 15.0. The van der Waals surface area contributed by atoms with Crippen LogP contribution in [0.5, 0.6) is 0 Å². The van der Waals surface area contributed by atoms with Gasteiger partial charge in [0, 0.05) is 54.6 Å². The van der Waals surface area contributed by atoms with Crippen molar-refractivity contribution in [2.45, 2.75) is 0 Å². The van der Waals surface area contributed by atoms with Crippen LogP contribution in [0.1, 0.15) is 0 Å². The van der Waals surface area contributed by atoms with Crippen molar-refractivity contribution in [1.82, 2.24) is 15.0 Å². The first kappa shape index (κ1) is 27.9. The summed E-state index contributed by atoms with van der Waals surface area (Å²) in [7, 11) is 0. The van der Waals surface area contributed by atoms with Crippen LogP contribution in [0.25, 0.3) is 111 Å². The van der Waals surface area contributed by atoms with Crippen LogP contribution in [0.15, 0.2) is 165 Å². The molecule has 0 aliphatic carbocycles. The quantitative estimate of drug-likeness (QED) is 0.188. The number of hydrogen-bond donors (Lipinski definition) is 0. The predicted molar refractivity (Wildman–Crippen MR) is 203 cm³/mol. The van der Waals surface area contributed by atoms with Gasteiger partial charge >= 0.3 is 0 Å². The summed E-state index contributed by atoms with van der Waals surface area (Å²) in [6.07, 6.45) is 0. The fourth-order valence-electron chi connectivity index (χ4n) is 7.27. The largest absolute Gasteiger partial charge is 0.456 e. The summed E-state index contributed by atoms with van der Waals surface area (Å²) in [6.45, 7) is 0. The third kappa shape index (κ3) is 4.40. The van der Waals surface area contributed by atoms with Gasteiger partial charge in [-0.3, -0.25) is 0 Å². The first-order chi connectivity index (χ1) is 25.2. The summed E-state index contributed by atoms with van der Waals surface area (Å²) >= 11 is 0. The van der Waals surface area contributed by atoms with Gasteiger partial charge in [0.2, 0.25) is 0 Å². The third-order valence-electron chi connectivity index (χ3n) is 9.75. The second-order valence-corrected chi connectivity index (χ2v) is 12.8. The van der Waals surface area contributed by atoms with Crippen LogP contribution in [-0.2, 0) is 0 Å². The molecular formula is C45H25N3O3. The van der Waals surface area contributed by atoms with Gasteiger partial charge in [-0.1, -0.05) is 97.1 Å². The Hall–Kier alpha value is -7.05. The molecule has 0 atom stereocenters. The summed E-state index contributed by atoms with van der Waals surface area (Å²) in [5, 5.41) is 6.35. The number of hydrogen-bond acceptors (Lipinski definition) is 6. The van der Waals surface area contributed by atoms with Crippen molar-refractivity contribution < 1.29 is 13.3 Å². The second kappa shape index (κ2) is 10.7. The zero-order chi connectivity index (χ0) is 33.5. The maximum atomic E-state index is 6.43. The normalized spacial score (nSPS) is 11.9. The van der Waals surface area contributed by atoms with Gasteiger partial charge in [0.1, 0.15) is 33.5 Å². The van der Waals surface area contributed by atoms with Crippen molar-refractivity contribution in [3.05, 3.63) is 152 Å². The van der Waals surface area contributed by atoms with Crippen LogP contribution in [0.3, 0.4) is 0 Å². The first-order valence-electron chi connectivity index (χ1n) is 16.8. The number of nitrogens with zero attached hydrogens (tertiary/aromatic N) is 3. The molecule has 51 heavy (non-hydrogen) atoms. The highest BCUT2D eigenvalue weighted by molar-refractivity contribution is 6.11. The monoisotopic (exact) mass is 655 g/mol. The Labute approximate surface area is 290 Å². The van der Waals surface area contributed by atoms with Crippen LogP contribution in [0.4, 0.5) is 0 Å². The van der Waals surface area contributed by atoms with Crippen molar-refractivity contribution in [3.63, 3.8) is 0 Å². The molecule has 0 radical (unpaired) electrons. The molecule has 11 rings (SSSR count). The minimum atomic E-state index is 0.572. The molecule has 11 aromatic rings. The molecule has 238 valence electrons. The lowest BCUT2D eigenvalue weighted by molar-refractivity contribution is 0.668. The van der Waals surface area contributed by atoms with Gasteiger partial charge in [-0.2, -0.15) is 0 Å². The van der Waals surface area contributed by atoms with E-state index in [0.717, 1.165) is 93.6 Å². The lowest BCUT2D eigenvalue weighted by Crippen LogP contribution is -2.00. The molecule has 0 saturated heterocycles. The highest BCUT2D eigenvalue weighted by Crippen LogP contribution is 2.39. The number of furan rings is 3. The Morgan fingerprint density at radius 1 is 0.294 bits per heavy atom. The van der Waals surface area contributed by atoms with Gasteiger partial charge in [-0.25, -0.2) is 15.0 Å². The van der Waals surface area contributed by atoms with E-state index in [-0.39, 0.29) is 0 Å². The van der Waals surface area contributed by atoms with Crippen LogP contribution in [-0.4, -0.2) is 15.0 Å². The maximum absolute atomic E-state index is 6.43. The molecule has 7 aromatic carbocycles. The van der Waals surface area contributed by atoms with E-state index in [1.807, 2.05) is 91.0 Å². The molecule has 4 heterocycles. The van der Waals surface area contributed by atoms with E-state index in [1.54, 1.807) is 0 Å². The van der Waals surface area contributed by atoms with Crippen molar-refractivity contribution in [2.75, 3.05) is 0 Å². The van der Waals surface area contributed by atoms with Crippen molar-refractivity contribution in [3.8, 4) is 45.3 Å². The molecule has 6 nitrogen and oxygen atoms in total. The Kier molecular flexibility index (Phi) is 5.86. The molecule has 0 saturated carbocycles. The molecule has 0 aliphatic rings. The molecule has 4 aromatic heterocycles. The average Bonchev–Trinajstić information content (AvgIpc) is 3.88. The van der Waals surface area contributed by atoms with Crippen LogP contribution in [0, 0.1) is 0 Å². The van der Waals surface area contributed by atoms with Crippen molar-refractivity contribution in [1.29, 1.82) is 0 Å². The molecular weight excluding hydrogens is 631 g/mol. The lowest BCUT2D eigenvalue weighted by atomic mass is 10.0. The number of aromatic nitrogens is 3. The zero-order valence-corrected chi connectivity index (χ0v) is 27.0. The first-order valence-corrected chi connectivity index (χ1v) is 16.8. The van der Waals surface area contributed by atoms with Crippen LogP contribution < -0.4 is 0 Å². The smallest absolute Gasteiger partial charge is 0.164 e. The highest BCUT2D eigenvalue weighted by atomic mass is 16.3. The summed E-state index contributed by atoms with van der Waals surface area (Å²) in [6, 6.07) is 51.1. The van der Waals surface area contributed by atoms with Crippen molar-refractivity contribution in [2.24, 2.45) is 0 Å². The molecule has 0 unspecified atom stereocenters. The van der Waals surface area contributed by atoms with Gasteiger partial charge < -0.3 is 13.3 Å². The topological polar surface area (TPSA) is 78.1 Å². The highest BCUT2D eigenvalue weighted by Gasteiger charge is 2.18.